The molecular formula is C19H16N2. The van der Waals surface area contributed by atoms with Crippen molar-refractivity contribution in [2.45, 2.75) is 13.8 Å². The highest BCUT2D eigenvalue weighted by Gasteiger charge is 2.09. The van der Waals surface area contributed by atoms with Crippen LogP contribution in [0.4, 0.5) is 0 Å². The average Bonchev–Trinajstić information content (AvgIpc) is 2.92. The van der Waals surface area contributed by atoms with Gasteiger partial charge in [0.15, 0.2) is 0 Å². The molecule has 4 aromatic rings. The number of aromatic nitrogens is 2. The van der Waals surface area contributed by atoms with Crippen LogP contribution in [0.3, 0.4) is 0 Å². The van der Waals surface area contributed by atoms with E-state index in [2.05, 4.69) is 73.6 Å². The smallest absolute Gasteiger partial charge is 0.0731 e. The van der Waals surface area contributed by atoms with E-state index in [1.165, 1.54) is 27.4 Å². The highest BCUT2D eigenvalue weighted by molar-refractivity contribution is 5.97. The zero-order valence-electron chi connectivity index (χ0n) is 12.1. The van der Waals surface area contributed by atoms with E-state index in [1.54, 1.807) is 0 Å². The predicted molar refractivity (Wildman–Crippen MR) is 88.5 cm³/mol. The Morgan fingerprint density at radius 1 is 0.952 bits per heavy atom. The third-order valence-electron chi connectivity index (χ3n) is 4.05. The van der Waals surface area contributed by atoms with Crippen LogP contribution in [-0.4, -0.2) is 9.97 Å². The summed E-state index contributed by atoms with van der Waals surface area (Å²) in [7, 11) is 0. The Balaban J connectivity index is 1.98. The first-order chi connectivity index (χ1) is 10.2. The van der Waals surface area contributed by atoms with Crippen LogP contribution in [0, 0.1) is 13.8 Å². The van der Waals surface area contributed by atoms with Crippen molar-refractivity contribution < 1.29 is 0 Å². The Kier molecular flexibility index (Phi) is 2.58. The lowest BCUT2D eigenvalue weighted by Crippen LogP contribution is -1.85. The van der Waals surface area contributed by atoms with Crippen molar-refractivity contribution in [1.82, 2.24) is 9.97 Å². The summed E-state index contributed by atoms with van der Waals surface area (Å²) in [5, 5.41) is 2.41. The molecule has 2 aromatic carbocycles. The summed E-state index contributed by atoms with van der Waals surface area (Å²) in [4.78, 5) is 8.21. The summed E-state index contributed by atoms with van der Waals surface area (Å²) >= 11 is 0. The molecule has 0 saturated heterocycles. The van der Waals surface area contributed by atoms with Gasteiger partial charge in [-0.3, -0.25) is 0 Å². The molecule has 1 N–H and O–H groups in total. The lowest BCUT2D eigenvalue weighted by molar-refractivity contribution is 1.37. The summed E-state index contributed by atoms with van der Waals surface area (Å²) in [5.74, 6) is 0. The number of fused-ring (bicyclic) bond motifs is 2. The van der Waals surface area contributed by atoms with Crippen molar-refractivity contribution >= 4 is 21.8 Å². The number of hydrogen-bond acceptors (Lipinski definition) is 1. The van der Waals surface area contributed by atoms with Crippen molar-refractivity contribution in [2.24, 2.45) is 0 Å². The molecule has 2 heterocycles. The van der Waals surface area contributed by atoms with Gasteiger partial charge in [-0.1, -0.05) is 36.4 Å². The third-order valence-corrected chi connectivity index (χ3v) is 4.05. The van der Waals surface area contributed by atoms with E-state index in [4.69, 9.17) is 4.98 Å². The van der Waals surface area contributed by atoms with Crippen LogP contribution < -0.4 is 0 Å². The quantitative estimate of drug-likeness (QED) is 0.519. The highest BCUT2D eigenvalue weighted by atomic mass is 14.7. The van der Waals surface area contributed by atoms with Gasteiger partial charge in [0.1, 0.15) is 0 Å². The molecule has 0 radical (unpaired) electrons. The fourth-order valence-electron chi connectivity index (χ4n) is 2.90. The number of rotatable bonds is 1. The Labute approximate surface area is 123 Å². The third kappa shape index (κ3) is 1.91. The molecule has 0 aliphatic heterocycles. The second kappa shape index (κ2) is 4.45. The number of nitrogens with one attached hydrogen (secondary N) is 1. The molecule has 0 unspecified atom stereocenters. The summed E-state index contributed by atoms with van der Waals surface area (Å²) in [6, 6.07) is 17.0. The lowest BCUT2D eigenvalue weighted by atomic mass is 10.1. The van der Waals surface area contributed by atoms with Crippen molar-refractivity contribution in [3.05, 3.63) is 65.9 Å². The van der Waals surface area contributed by atoms with Crippen molar-refractivity contribution in [3.8, 4) is 11.3 Å². The van der Waals surface area contributed by atoms with Gasteiger partial charge in [-0.2, -0.15) is 0 Å². The summed E-state index contributed by atoms with van der Waals surface area (Å²) < 4.78 is 0. The number of benzene rings is 2. The van der Waals surface area contributed by atoms with Crippen LogP contribution in [0.1, 0.15) is 11.1 Å². The maximum Gasteiger partial charge on any atom is 0.0731 e. The molecule has 0 fully saturated rings. The topological polar surface area (TPSA) is 28.7 Å². The number of aromatic amines is 1. The Hall–Kier alpha value is -2.61. The first-order valence-corrected chi connectivity index (χ1v) is 7.17. The molecule has 0 spiro atoms. The van der Waals surface area contributed by atoms with Crippen LogP contribution in [0.2, 0.25) is 0 Å². The molecule has 0 amide bonds. The van der Waals surface area contributed by atoms with Gasteiger partial charge in [0.2, 0.25) is 0 Å². The second-order valence-electron chi connectivity index (χ2n) is 5.59. The van der Waals surface area contributed by atoms with Crippen LogP contribution in [0.15, 0.2) is 54.7 Å². The SMILES string of the molecule is Cc1ccc2ccc(-c3c[nH]c4c(C)cccc34)nc2c1. The molecule has 2 aromatic heterocycles. The van der Waals surface area contributed by atoms with Crippen LogP contribution in [0.5, 0.6) is 0 Å². The molecular weight excluding hydrogens is 256 g/mol. The Morgan fingerprint density at radius 3 is 2.71 bits per heavy atom. The van der Waals surface area contributed by atoms with E-state index in [0.717, 1.165) is 16.8 Å². The van der Waals surface area contributed by atoms with Crippen molar-refractivity contribution in [1.29, 1.82) is 0 Å². The zero-order chi connectivity index (χ0) is 14.4. The van der Waals surface area contributed by atoms with Crippen LogP contribution in [0.25, 0.3) is 33.1 Å². The summed E-state index contributed by atoms with van der Waals surface area (Å²) in [6.07, 6.45) is 2.06. The van der Waals surface area contributed by atoms with Gasteiger partial charge >= 0.3 is 0 Å². The lowest BCUT2D eigenvalue weighted by Gasteiger charge is -2.03. The number of H-pyrrole nitrogens is 1. The van der Waals surface area contributed by atoms with E-state index in [1.807, 2.05) is 0 Å². The molecule has 0 atom stereocenters. The monoisotopic (exact) mass is 272 g/mol. The number of hydrogen-bond donors (Lipinski definition) is 1. The van der Waals surface area contributed by atoms with Gasteiger partial charge < -0.3 is 4.98 Å². The van der Waals surface area contributed by atoms with Crippen molar-refractivity contribution in [2.75, 3.05) is 0 Å². The molecule has 0 bridgehead atoms. The van der Waals surface area contributed by atoms with E-state index in [-0.39, 0.29) is 0 Å². The van der Waals surface area contributed by atoms with E-state index >= 15 is 0 Å². The number of para-hydroxylation sites is 1. The molecule has 0 saturated carbocycles. The van der Waals surface area contributed by atoms with Gasteiger partial charge in [-0.15, -0.1) is 0 Å². The minimum atomic E-state index is 1.02. The highest BCUT2D eigenvalue weighted by Crippen LogP contribution is 2.30. The standard InChI is InChI=1S/C19H16N2/c1-12-6-7-14-8-9-17(21-18(14)10-12)16-11-20-19-13(2)4-3-5-15(16)19/h3-11,20H,1-2H3. The number of aryl methyl sites for hydroxylation is 2. The molecule has 102 valence electrons. The molecule has 2 nitrogen and oxygen atoms in total. The minimum absolute atomic E-state index is 1.02. The molecule has 0 aliphatic rings. The van der Waals surface area contributed by atoms with E-state index < -0.39 is 0 Å². The van der Waals surface area contributed by atoms with E-state index in [9.17, 15) is 0 Å². The molecule has 4 rings (SSSR count). The second-order valence-corrected chi connectivity index (χ2v) is 5.59. The largest absolute Gasteiger partial charge is 0.360 e. The van der Waals surface area contributed by atoms with Gasteiger partial charge in [0.05, 0.1) is 11.2 Å². The molecule has 2 heteroatoms. The number of nitrogens with zero attached hydrogens (tertiary/aromatic N) is 1. The van der Waals surface area contributed by atoms with E-state index in [0.29, 0.717) is 0 Å². The molecule has 21 heavy (non-hydrogen) atoms. The van der Waals surface area contributed by atoms with Crippen molar-refractivity contribution in [3.63, 3.8) is 0 Å². The summed E-state index contributed by atoms with van der Waals surface area (Å²) in [5.41, 5.74) is 6.92. The Bertz CT molecular complexity index is 964. The van der Waals surface area contributed by atoms with Gasteiger partial charge in [-0.05, 0) is 37.1 Å². The average molecular weight is 272 g/mol. The van der Waals surface area contributed by atoms with Gasteiger partial charge in [0, 0.05) is 28.0 Å². The first kappa shape index (κ1) is 12.2. The predicted octanol–water partition coefficient (Wildman–Crippen LogP) is 5.00. The molecule has 0 aliphatic carbocycles. The zero-order valence-corrected chi connectivity index (χ0v) is 12.1. The first-order valence-electron chi connectivity index (χ1n) is 7.17. The van der Waals surface area contributed by atoms with Crippen LogP contribution in [-0.2, 0) is 0 Å². The Morgan fingerprint density at radius 2 is 1.81 bits per heavy atom. The fraction of sp³-hybridized carbons (Fsp3) is 0.105. The fourth-order valence-corrected chi connectivity index (χ4v) is 2.90. The maximum absolute atomic E-state index is 4.84. The van der Waals surface area contributed by atoms with Gasteiger partial charge in [0.25, 0.3) is 0 Å². The summed E-state index contributed by atoms with van der Waals surface area (Å²) in [6.45, 7) is 4.22. The van der Waals surface area contributed by atoms with Crippen LogP contribution >= 0.6 is 0 Å². The normalized spacial score (nSPS) is 11.3. The number of pyridine rings is 1. The minimum Gasteiger partial charge on any atom is -0.360 e. The maximum atomic E-state index is 4.84. The van der Waals surface area contributed by atoms with Gasteiger partial charge in [-0.25, -0.2) is 4.98 Å².